The van der Waals surface area contributed by atoms with Crippen molar-refractivity contribution >= 4 is 0 Å². The van der Waals surface area contributed by atoms with Crippen LogP contribution in [0, 0.1) is 0 Å². The first-order chi connectivity index (χ1) is 9.18. The van der Waals surface area contributed by atoms with Crippen LogP contribution >= 0.6 is 0 Å². The number of rotatable bonds is 5. The van der Waals surface area contributed by atoms with Crippen molar-refractivity contribution in [2.24, 2.45) is 5.73 Å². The highest BCUT2D eigenvalue weighted by Crippen LogP contribution is 2.38. The molecule has 0 atom stereocenters. The van der Waals surface area contributed by atoms with Gasteiger partial charge in [-0.3, -0.25) is 0 Å². The third kappa shape index (κ3) is 3.03. The van der Waals surface area contributed by atoms with Crippen molar-refractivity contribution in [3.05, 3.63) is 23.8 Å². The molecule has 0 aromatic heterocycles. The average molecular weight is 261 g/mol. The SMILES string of the molecule is COc1cc(CC2(N)CC2)ccc1OC1CCCC1. The van der Waals surface area contributed by atoms with E-state index in [1.54, 1.807) is 7.11 Å². The minimum Gasteiger partial charge on any atom is -0.493 e. The van der Waals surface area contributed by atoms with Crippen LogP contribution in [-0.4, -0.2) is 18.8 Å². The first-order valence-electron chi connectivity index (χ1n) is 7.31. The summed E-state index contributed by atoms with van der Waals surface area (Å²) in [6, 6.07) is 6.25. The Morgan fingerprint density at radius 3 is 2.58 bits per heavy atom. The molecule has 3 heteroatoms. The molecule has 104 valence electrons. The van der Waals surface area contributed by atoms with Crippen molar-refractivity contribution in [3.63, 3.8) is 0 Å². The molecule has 3 nitrogen and oxygen atoms in total. The zero-order valence-corrected chi connectivity index (χ0v) is 11.7. The third-order valence-corrected chi connectivity index (χ3v) is 4.27. The van der Waals surface area contributed by atoms with Crippen molar-refractivity contribution in [1.82, 2.24) is 0 Å². The first kappa shape index (κ1) is 12.8. The number of nitrogens with two attached hydrogens (primary N) is 1. The van der Waals surface area contributed by atoms with E-state index in [0.717, 1.165) is 43.6 Å². The van der Waals surface area contributed by atoms with Gasteiger partial charge in [0, 0.05) is 5.54 Å². The van der Waals surface area contributed by atoms with Crippen LogP contribution in [0.25, 0.3) is 0 Å². The molecule has 1 aromatic rings. The fraction of sp³-hybridized carbons (Fsp3) is 0.625. The molecule has 2 aliphatic carbocycles. The van der Waals surface area contributed by atoms with Gasteiger partial charge >= 0.3 is 0 Å². The van der Waals surface area contributed by atoms with E-state index in [2.05, 4.69) is 12.1 Å². The van der Waals surface area contributed by atoms with Crippen LogP contribution in [0.15, 0.2) is 18.2 Å². The summed E-state index contributed by atoms with van der Waals surface area (Å²) in [5.41, 5.74) is 7.45. The Hall–Kier alpha value is -1.22. The van der Waals surface area contributed by atoms with E-state index in [0.29, 0.717) is 6.10 Å². The zero-order chi connectivity index (χ0) is 13.3. The van der Waals surface area contributed by atoms with Crippen LogP contribution in [0.5, 0.6) is 11.5 Å². The molecule has 0 heterocycles. The second-order valence-corrected chi connectivity index (χ2v) is 6.05. The lowest BCUT2D eigenvalue weighted by molar-refractivity contribution is 0.200. The van der Waals surface area contributed by atoms with E-state index in [1.807, 2.05) is 6.07 Å². The van der Waals surface area contributed by atoms with Gasteiger partial charge in [0.15, 0.2) is 11.5 Å². The van der Waals surface area contributed by atoms with Crippen LogP contribution in [0.3, 0.4) is 0 Å². The second kappa shape index (κ2) is 5.04. The Bertz CT molecular complexity index is 448. The maximum absolute atomic E-state index is 6.17. The minimum atomic E-state index is 0.0405. The molecule has 0 amide bonds. The standard InChI is InChI=1S/C16H23NO2/c1-18-15-10-12(11-16(17)8-9-16)6-7-14(15)19-13-4-2-3-5-13/h6-7,10,13H,2-5,8-9,11,17H2,1H3. The van der Waals surface area contributed by atoms with Crippen molar-refractivity contribution < 1.29 is 9.47 Å². The Balaban J connectivity index is 1.72. The number of benzene rings is 1. The van der Waals surface area contributed by atoms with Gasteiger partial charge in [-0.25, -0.2) is 0 Å². The average Bonchev–Trinajstić information content (AvgIpc) is 2.92. The van der Waals surface area contributed by atoms with Gasteiger partial charge in [0.25, 0.3) is 0 Å². The normalized spacial score (nSPS) is 21.4. The molecular weight excluding hydrogens is 238 g/mol. The van der Waals surface area contributed by atoms with E-state index in [4.69, 9.17) is 15.2 Å². The Kier molecular flexibility index (Phi) is 3.40. The molecule has 0 radical (unpaired) electrons. The van der Waals surface area contributed by atoms with Crippen molar-refractivity contribution in [1.29, 1.82) is 0 Å². The lowest BCUT2D eigenvalue weighted by atomic mass is 10.0. The largest absolute Gasteiger partial charge is 0.493 e. The van der Waals surface area contributed by atoms with Gasteiger partial charge in [0.1, 0.15) is 0 Å². The van der Waals surface area contributed by atoms with Crippen LogP contribution in [-0.2, 0) is 6.42 Å². The summed E-state index contributed by atoms with van der Waals surface area (Å²) in [4.78, 5) is 0. The molecule has 0 bridgehead atoms. The molecule has 19 heavy (non-hydrogen) atoms. The monoisotopic (exact) mass is 261 g/mol. The molecule has 2 fully saturated rings. The molecule has 2 aliphatic rings. The number of hydrogen-bond donors (Lipinski definition) is 1. The third-order valence-electron chi connectivity index (χ3n) is 4.27. The van der Waals surface area contributed by atoms with Crippen molar-refractivity contribution in [2.45, 2.75) is 56.6 Å². The Labute approximate surface area is 115 Å². The summed E-state index contributed by atoms with van der Waals surface area (Å²) in [5, 5.41) is 0. The van der Waals surface area contributed by atoms with Gasteiger partial charge in [-0.15, -0.1) is 0 Å². The summed E-state index contributed by atoms with van der Waals surface area (Å²) < 4.78 is 11.5. The quantitative estimate of drug-likeness (QED) is 0.886. The predicted molar refractivity (Wildman–Crippen MR) is 75.7 cm³/mol. The van der Waals surface area contributed by atoms with Gasteiger partial charge in [-0.05, 0) is 62.6 Å². The maximum Gasteiger partial charge on any atom is 0.161 e. The van der Waals surface area contributed by atoms with E-state index in [-0.39, 0.29) is 5.54 Å². The highest BCUT2D eigenvalue weighted by molar-refractivity contribution is 5.43. The molecular formula is C16H23NO2. The molecule has 0 unspecified atom stereocenters. The smallest absolute Gasteiger partial charge is 0.161 e. The van der Waals surface area contributed by atoms with Crippen LogP contribution < -0.4 is 15.2 Å². The van der Waals surface area contributed by atoms with Crippen LogP contribution in [0.2, 0.25) is 0 Å². The highest BCUT2D eigenvalue weighted by Gasteiger charge is 2.38. The number of ether oxygens (including phenoxy) is 2. The van der Waals surface area contributed by atoms with E-state index in [9.17, 15) is 0 Å². The van der Waals surface area contributed by atoms with Gasteiger partial charge < -0.3 is 15.2 Å². The fourth-order valence-corrected chi connectivity index (χ4v) is 2.85. The summed E-state index contributed by atoms with van der Waals surface area (Å²) in [5.74, 6) is 1.72. The van der Waals surface area contributed by atoms with E-state index >= 15 is 0 Å². The molecule has 3 rings (SSSR count). The molecule has 0 spiro atoms. The maximum atomic E-state index is 6.17. The summed E-state index contributed by atoms with van der Waals surface area (Å²) >= 11 is 0. The second-order valence-electron chi connectivity index (χ2n) is 6.05. The molecule has 0 aliphatic heterocycles. The lowest BCUT2D eigenvalue weighted by Gasteiger charge is -2.17. The summed E-state index contributed by atoms with van der Waals surface area (Å²) in [6.07, 6.45) is 8.46. The van der Waals surface area contributed by atoms with Gasteiger partial charge in [0.05, 0.1) is 13.2 Å². The Morgan fingerprint density at radius 1 is 1.21 bits per heavy atom. The van der Waals surface area contributed by atoms with E-state index < -0.39 is 0 Å². The van der Waals surface area contributed by atoms with Crippen molar-refractivity contribution in [3.8, 4) is 11.5 Å². The minimum absolute atomic E-state index is 0.0405. The Morgan fingerprint density at radius 2 is 1.95 bits per heavy atom. The van der Waals surface area contributed by atoms with Gasteiger partial charge in [-0.1, -0.05) is 6.07 Å². The van der Waals surface area contributed by atoms with E-state index in [1.165, 1.54) is 18.4 Å². The molecule has 1 aromatic carbocycles. The molecule has 2 saturated carbocycles. The van der Waals surface area contributed by atoms with Crippen LogP contribution in [0.4, 0.5) is 0 Å². The van der Waals surface area contributed by atoms with Gasteiger partial charge in [-0.2, -0.15) is 0 Å². The molecule has 0 saturated heterocycles. The fourth-order valence-electron chi connectivity index (χ4n) is 2.85. The van der Waals surface area contributed by atoms with Crippen LogP contribution in [0.1, 0.15) is 44.1 Å². The number of hydrogen-bond acceptors (Lipinski definition) is 3. The zero-order valence-electron chi connectivity index (χ0n) is 11.7. The number of methoxy groups -OCH3 is 1. The predicted octanol–water partition coefficient (Wildman–Crippen LogP) is 3.05. The highest BCUT2D eigenvalue weighted by atomic mass is 16.5. The van der Waals surface area contributed by atoms with Crippen molar-refractivity contribution in [2.75, 3.05) is 7.11 Å². The summed E-state index contributed by atoms with van der Waals surface area (Å²) in [6.45, 7) is 0. The topological polar surface area (TPSA) is 44.5 Å². The summed E-state index contributed by atoms with van der Waals surface area (Å²) in [7, 11) is 1.70. The van der Waals surface area contributed by atoms with Gasteiger partial charge in [0.2, 0.25) is 0 Å². The molecule has 2 N–H and O–H groups in total. The first-order valence-corrected chi connectivity index (χ1v) is 7.31. The lowest BCUT2D eigenvalue weighted by Crippen LogP contribution is -2.24.